The van der Waals surface area contributed by atoms with Crippen LogP contribution in [0, 0.1) is 13.8 Å². The van der Waals surface area contributed by atoms with Gasteiger partial charge in [-0.3, -0.25) is 9.52 Å². The van der Waals surface area contributed by atoms with Crippen LogP contribution < -0.4 is 14.8 Å². The Morgan fingerprint density at radius 1 is 1.03 bits per heavy atom. The lowest BCUT2D eigenvalue weighted by Crippen LogP contribution is -2.32. The first-order valence-electron chi connectivity index (χ1n) is 10.1. The van der Waals surface area contributed by atoms with Gasteiger partial charge in [0, 0.05) is 5.69 Å². The first-order chi connectivity index (χ1) is 15.2. The Morgan fingerprint density at radius 2 is 1.72 bits per heavy atom. The van der Waals surface area contributed by atoms with E-state index in [1.54, 1.807) is 30.3 Å². The molecule has 0 aliphatic rings. The third-order valence-electron chi connectivity index (χ3n) is 4.84. The van der Waals surface area contributed by atoms with Gasteiger partial charge in [-0.1, -0.05) is 42.8 Å². The maximum absolute atomic E-state index is 12.8. The summed E-state index contributed by atoms with van der Waals surface area (Å²) in [4.78, 5) is 12.7. The normalized spacial score (nSPS) is 12.1. The Morgan fingerprint density at radius 3 is 2.38 bits per heavy atom. The van der Waals surface area contributed by atoms with Crippen LogP contribution in [0.15, 0.2) is 71.6 Å². The van der Waals surface area contributed by atoms with Gasteiger partial charge in [0.1, 0.15) is 5.75 Å². The molecule has 0 aliphatic heterocycles. The average Bonchev–Trinajstić information content (AvgIpc) is 2.76. The van der Waals surface area contributed by atoms with Crippen LogP contribution in [0.2, 0.25) is 5.02 Å². The number of amides is 1. The van der Waals surface area contributed by atoms with Crippen LogP contribution in [-0.2, 0) is 14.8 Å². The second kappa shape index (κ2) is 10.1. The number of ether oxygens (including phenoxy) is 1. The van der Waals surface area contributed by atoms with Crippen LogP contribution in [0.3, 0.4) is 0 Å². The molecule has 3 aromatic carbocycles. The summed E-state index contributed by atoms with van der Waals surface area (Å²) in [5.41, 5.74) is 2.77. The van der Waals surface area contributed by atoms with E-state index in [0.717, 1.165) is 11.1 Å². The SMILES string of the molecule is CCC(Oc1ccccc1Cl)C(=O)Nc1ccc(S(=O)(=O)Nc2cc(C)ccc2C)cc1. The second-order valence-corrected chi connectivity index (χ2v) is 9.47. The maximum atomic E-state index is 12.8. The zero-order chi connectivity index (χ0) is 23.3. The second-order valence-electron chi connectivity index (χ2n) is 7.38. The highest BCUT2D eigenvalue weighted by molar-refractivity contribution is 7.92. The summed E-state index contributed by atoms with van der Waals surface area (Å²) >= 11 is 6.11. The number of anilines is 2. The van der Waals surface area contributed by atoms with E-state index in [0.29, 0.717) is 28.6 Å². The van der Waals surface area contributed by atoms with Gasteiger partial charge in [-0.15, -0.1) is 0 Å². The van der Waals surface area contributed by atoms with Crippen molar-refractivity contribution < 1.29 is 17.9 Å². The predicted octanol–water partition coefficient (Wildman–Crippen LogP) is 5.55. The van der Waals surface area contributed by atoms with E-state index < -0.39 is 16.1 Å². The van der Waals surface area contributed by atoms with E-state index in [1.165, 1.54) is 24.3 Å². The molecule has 168 valence electrons. The van der Waals surface area contributed by atoms with Gasteiger partial charge in [-0.2, -0.15) is 0 Å². The Labute approximate surface area is 193 Å². The van der Waals surface area contributed by atoms with Gasteiger partial charge in [-0.25, -0.2) is 8.42 Å². The summed E-state index contributed by atoms with van der Waals surface area (Å²) in [5.74, 6) is 0.0756. The fourth-order valence-electron chi connectivity index (χ4n) is 3.01. The molecule has 0 radical (unpaired) electrons. The molecule has 0 spiro atoms. The number of para-hydroxylation sites is 1. The van der Waals surface area contributed by atoms with Gasteiger partial charge in [-0.05, 0) is 73.9 Å². The molecule has 3 aromatic rings. The highest BCUT2D eigenvalue weighted by Crippen LogP contribution is 2.26. The number of sulfonamides is 1. The highest BCUT2D eigenvalue weighted by Gasteiger charge is 2.20. The number of hydrogen-bond donors (Lipinski definition) is 2. The van der Waals surface area contributed by atoms with Crippen LogP contribution in [0.5, 0.6) is 5.75 Å². The van der Waals surface area contributed by atoms with E-state index in [1.807, 2.05) is 32.9 Å². The molecule has 1 atom stereocenters. The third kappa shape index (κ3) is 5.81. The molecule has 0 bridgehead atoms. The molecule has 0 fully saturated rings. The third-order valence-corrected chi connectivity index (χ3v) is 6.53. The number of nitrogens with one attached hydrogen (secondary N) is 2. The van der Waals surface area contributed by atoms with Gasteiger partial charge < -0.3 is 10.1 Å². The van der Waals surface area contributed by atoms with E-state index in [4.69, 9.17) is 16.3 Å². The monoisotopic (exact) mass is 472 g/mol. The molecule has 0 aliphatic carbocycles. The topological polar surface area (TPSA) is 84.5 Å². The van der Waals surface area contributed by atoms with Crippen molar-refractivity contribution in [1.82, 2.24) is 0 Å². The molecule has 2 N–H and O–H groups in total. The van der Waals surface area contributed by atoms with Crippen molar-refractivity contribution in [3.05, 3.63) is 82.9 Å². The molecule has 3 rings (SSSR count). The number of rotatable bonds is 8. The van der Waals surface area contributed by atoms with Gasteiger partial charge >= 0.3 is 0 Å². The van der Waals surface area contributed by atoms with E-state index in [2.05, 4.69) is 10.0 Å². The minimum absolute atomic E-state index is 0.0933. The molecule has 8 heteroatoms. The lowest BCUT2D eigenvalue weighted by Gasteiger charge is -2.18. The lowest BCUT2D eigenvalue weighted by atomic mass is 10.1. The van der Waals surface area contributed by atoms with Gasteiger partial charge in [0.05, 0.1) is 15.6 Å². The van der Waals surface area contributed by atoms with E-state index in [-0.39, 0.29) is 10.8 Å². The number of halogens is 1. The number of hydrogen-bond acceptors (Lipinski definition) is 4. The Kier molecular flexibility index (Phi) is 7.43. The molecule has 0 saturated heterocycles. The summed E-state index contributed by atoms with van der Waals surface area (Å²) in [5, 5.41) is 3.18. The van der Waals surface area contributed by atoms with Gasteiger partial charge in [0.15, 0.2) is 6.10 Å². The zero-order valence-electron chi connectivity index (χ0n) is 18.1. The highest BCUT2D eigenvalue weighted by atomic mass is 35.5. The van der Waals surface area contributed by atoms with Crippen LogP contribution in [0.1, 0.15) is 24.5 Å². The largest absolute Gasteiger partial charge is 0.479 e. The Bertz CT molecular complexity index is 1210. The number of carbonyl (C=O) groups excluding carboxylic acids is 1. The van der Waals surface area contributed by atoms with E-state index >= 15 is 0 Å². The van der Waals surface area contributed by atoms with Crippen molar-refractivity contribution in [3.63, 3.8) is 0 Å². The number of carbonyl (C=O) groups is 1. The molecule has 6 nitrogen and oxygen atoms in total. The molecular formula is C24H25ClN2O4S. The van der Waals surface area contributed by atoms with Crippen molar-refractivity contribution in [2.45, 2.75) is 38.2 Å². The van der Waals surface area contributed by atoms with Crippen LogP contribution in [-0.4, -0.2) is 20.4 Å². The molecule has 1 amide bonds. The summed E-state index contributed by atoms with van der Waals surface area (Å²) < 4.78 is 33.9. The maximum Gasteiger partial charge on any atom is 0.265 e. The molecule has 1 unspecified atom stereocenters. The molecule has 32 heavy (non-hydrogen) atoms. The van der Waals surface area contributed by atoms with Crippen molar-refractivity contribution in [2.75, 3.05) is 10.0 Å². The minimum atomic E-state index is -3.77. The number of benzene rings is 3. The van der Waals surface area contributed by atoms with Crippen LogP contribution in [0.25, 0.3) is 0 Å². The fraction of sp³-hybridized carbons (Fsp3) is 0.208. The van der Waals surface area contributed by atoms with Crippen molar-refractivity contribution >= 4 is 38.9 Å². The summed E-state index contributed by atoms with van der Waals surface area (Å²) in [6.45, 7) is 5.56. The Hall–Kier alpha value is -3.03. The minimum Gasteiger partial charge on any atom is -0.479 e. The summed E-state index contributed by atoms with van der Waals surface area (Å²) in [6, 6.07) is 18.5. The van der Waals surface area contributed by atoms with Crippen molar-refractivity contribution in [2.24, 2.45) is 0 Å². The number of aryl methyl sites for hydroxylation is 2. The summed E-state index contributed by atoms with van der Waals surface area (Å²) in [6.07, 6.45) is -0.312. The van der Waals surface area contributed by atoms with Crippen molar-refractivity contribution in [3.8, 4) is 5.75 Å². The van der Waals surface area contributed by atoms with Crippen molar-refractivity contribution in [1.29, 1.82) is 0 Å². The fourth-order valence-corrected chi connectivity index (χ4v) is 4.31. The lowest BCUT2D eigenvalue weighted by molar-refractivity contribution is -0.122. The zero-order valence-corrected chi connectivity index (χ0v) is 19.6. The first kappa shape index (κ1) is 23.6. The molecule has 0 heterocycles. The smallest absolute Gasteiger partial charge is 0.265 e. The predicted molar refractivity (Wildman–Crippen MR) is 128 cm³/mol. The van der Waals surface area contributed by atoms with Crippen LogP contribution >= 0.6 is 11.6 Å². The quantitative estimate of drug-likeness (QED) is 0.450. The molecule has 0 aromatic heterocycles. The van der Waals surface area contributed by atoms with E-state index in [9.17, 15) is 13.2 Å². The van der Waals surface area contributed by atoms with Crippen LogP contribution in [0.4, 0.5) is 11.4 Å². The van der Waals surface area contributed by atoms with Gasteiger partial charge in [0.25, 0.3) is 15.9 Å². The first-order valence-corrected chi connectivity index (χ1v) is 12.0. The molecular weight excluding hydrogens is 448 g/mol. The average molecular weight is 473 g/mol. The standard InChI is InChI=1S/C24H25ClN2O4S/c1-4-22(31-23-8-6-5-7-20(23)25)24(28)26-18-11-13-19(14-12-18)32(29,30)27-21-15-16(2)9-10-17(21)3/h5-15,22,27H,4H2,1-3H3,(H,26,28). The van der Waals surface area contributed by atoms with Gasteiger partial charge in [0.2, 0.25) is 0 Å². The Balaban J connectivity index is 1.70. The summed E-state index contributed by atoms with van der Waals surface area (Å²) in [7, 11) is -3.77. The molecule has 0 saturated carbocycles.